The molecule has 4 aromatic rings. The highest BCUT2D eigenvalue weighted by molar-refractivity contribution is 7.21. The molecule has 0 atom stereocenters. The normalized spacial score (nSPS) is 11.0. The molecule has 9 heteroatoms. The molecule has 8 nitrogen and oxygen atoms in total. The van der Waals surface area contributed by atoms with E-state index < -0.39 is 5.91 Å². The lowest BCUT2D eigenvalue weighted by atomic mass is 10.0. The zero-order valence-corrected chi connectivity index (χ0v) is 13.0. The van der Waals surface area contributed by atoms with Crippen molar-refractivity contribution in [2.45, 2.75) is 0 Å². The number of fused-ring (bicyclic) bond motifs is 1. The fraction of sp³-hybridized carbons (Fsp3) is 0. The smallest absolute Gasteiger partial charge is 0.277 e. The minimum absolute atomic E-state index is 0.270. The second-order valence-corrected chi connectivity index (χ2v) is 5.88. The molecule has 0 aromatic carbocycles. The second-order valence-electron chi connectivity index (χ2n) is 4.88. The van der Waals surface area contributed by atoms with Gasteiger partial charge in [0.25, 0.3) is 5.91 Å². The molecule has 0 aliphatic carbocycles. The number of hydrazine groups is 1. The minimum atomic E-state index is -0.486. The third-order valence-electron chi connectivity index (χ3n) is 3.51. The highest BCUT2D eigenvalue weighted by Crippen LogP contribution is 2.43. The summed E-state index contributed by atoms with van der Waals surface area (Å²) in [5, 5.41) is 8.98. The van der Waals surface area contributed by atoms with Crippen LogP contribution in [0, 0.1) is 0 Å². The van der Waals surface area contributed by atoms with Crippen LogP contribution in [-0.2, 0) is 0 Å². The van der Waals surface area contributed by atoms with E-state index in [1.165, 1.54) is 6.26 Å². The zero-order valence-electron chi connectivity index (χ0n) is 12.1. The molecule has 120 valence electrons. The highest BCUT2D eigenvalue weighted by atomic mass is 32.1. The van der Waals surface area contributed by atoms with Gasteiger partial charge >= 0.3 is 0 Å². The number of aromatic nitrogens is 2. The van der Waals surface area contributed by atoms with E-state index in [0.29, 0.717) is 33.0 Å². The molecule has 0 spiro atoms. The molecule has 0 saturated heterocycles. The second kappa shape index (κ2) is 5.48. The summed E-state index contributed by atoms with van der Waals surface area (Å²) in [6.07, 6.45) is 3.08. The van der Waals surface area contributed by atoms with Crippen LogP contribution in [-0.4, -0.2) is 16.1 Å². The Morgan fingerprint density at radius 3 is 2.46 bits per heavy atom. The van der Waals surface area contributed by atoms with Crippen molar-refractivity contribution in [3.8, 4) is 22.8 Å². The first kappa shape index (κ1) is 14.4. The quantitative estimate of drug-likeness (QED) is 0.296. The molecule has 1 amide bonds. The van der Waals surface area contributed by atoms with Crippen LogP contribution in [0.25, 0.3) is 33.0 Å². The minimum Gasteiger partial charge on any atom is -0.464 e. The number of rotatable bonds is 3. The first-order valence-corrected chi connectivity index (χ1v) is 7.69. The Bertz CT molecular complexity index is 1020. The number of furan rings is 2. The molecule has 0 unspecified atom stereocenters. The molecule has 4 rings (SSSR count). The first-order valence-electron chi connectivity index (χ1n) is 6.88. The Kier molecular flexibility index (Phi) is 3.29. The summed E-state index contributed by atoms with van der Waals surface area (Å²) in [7, 11) is 0. The maximum absolute atomic E-state index is 11.9. The topological polar surface area (TPSA) is 133 Å². The summed E-state index contributed by atoms with van der Waals surface area (Å²) < 4.78 is 11.0. The van der Waals surface area contributed by atoms with Crippen LogP contribution in [0.3, 0.4) is 0 Å². The van der Waals surface area contributed by atoms with Crippen LogP contribution in [0.5, 0.6) is 0 Å². The van der Waals surface area contributed by atoms with Gasteiger partial charge in [0, 0.05) is 0 Å². The summed E-state index contributed by atoms with van der Waals surface area (Å²) in [5.41, 5.74) is 9.64. The molecule has 4 heterocycles. The predicted octanol–water partition coefficient (Wildman–Crippen LogP) is 2.40. The van der Waals surface area contributed by atoms with Gasteiger partial charge in [0.05, 0.1) is 29.2 Å². The first-order chi connectivity index (χ1) is 11.7. The van der Waals surface area contributed by atoms with E-state index in [0.717, 1.165) is 11.3 Å². The summed E-state index contributed by atoms with van der Waals surface area (Å²) in [6.45, 7) is 0. The zero-order chi connectivity index (χ0) is 16.7. The van der Waals surface area contributed by atoms with Crippen molar-refractivity contribution in [3.63, 3.8) is 0 Å². The summed E-state index contributed by atoms with van der Waals surface area (Å²) >= 11 is 1.11. The van der Waals surface area contributed by atoms with Crippen LogP contribution in [0.1, 0.15) is 9.67 Å². The van der Waals surface area contributed by atoms with Crippen LogP contribution < -0.4 is 17.0 Å². The van der Waals surface area contributed by atoms with Crippen molar-refractivity contribution in [1.29, 1.82) is 0 Å². The number of nitrogens with zero attached hydrogens (tertiary/aromatic N) is 2. The third kappa shape index (κ3) is 2.07. The summed E-state index contributed by atoms with van der Waals surface area (Å²) in [4.78, 5) is 12.7. The molecular formula is C15H11N5O3S. The molecule has 0 aliphatic heterocycles. The fourth-order valence-electron chi connectivity index (χ4n) is 2.49. The Labute approximate surface area is 139 Å². The van der Waals surface area contributed by atoms with E-state index in [1.54, 1.807) is 30.5 Å². The van der Waals surface area contributed by atoms with Gasteiger partial charge in [-0.15, -0.1) is 21.5 Å². The van der Waals surface area contributed by atoms with Crippen LogP contribution in [0.15, 0.2) is 45.6 Å². The number of anilines is 1. The number of amides is 1. The van der Waals surface area contributed by atoms with Gasteiger partial charge in [0.2, 0.25) is 0 Å². The molecule has 0 saturated carbocycles. The predicted molar refractivity (Wildman–Crippen MR) is 88.9 cm³/mol. The Morgan fingerprint density at radius 2 is 1.83 bits per heavy atom. The monoisotopic (exact) mass is 341 g/mol. The largest absolute Gasteiger partial charge is 0.464 e. The van der Waals surface area contributed by atoms with Crippen molar-refractivity contribution >= 4 is 33.1 Å². The fourth-order valence-corrected chi connectivity index (χ4v) is 3.44. The number of hydrogen-bond acceptors (Lipinski definition) is 8. The molecule has 4 aromatic heterocycles. The summed E-state index contributed by atoms with van der Waals surface area (Å²) in [6, 6.07) is 7.04. The maximum atomic E-state index is 11.9. The Hall–Kier alpha value is -3.17. The van der Waals surface area contributed by atoms with Gasteiger partial charge in [0.15, 0.2) is 5.76 Å². The molecule has 0 fully saturated rings. The molecule has 5 N–H and O–H groups in total. The number of nitrogen functional groups attached to an aromatic ring is 2. The molecule has 24 heavy (non-hydrogen) atoms. The van der Waals surface area contributed by atoms with Gasteiger partial charge in [-0.2, -0.15) is 0 Å². The van der Waals surface area contributed by atoms with Gasteiger partial charge in [0.1, 0.15) is 21.2 Å². The molecule has 0 bridgehead atoms. The van der Waals surface area contributed by atoms with Crippen molar-refractivity contribution in [2.24, 2.45) is 5.84 Å². The maximum Gasteiger partial charge on any atom is 0.277 e. The number of thiophene rings is 1. The van der Waals surface area contributed by atoms with Crippen molar-refractivity contribution < 1.29 is 13.6 Å². The van der Waals surface area contributed by atoms with Crippen LogP contribution >= 0.6 is 11.3 Å². The van der Waals surface area contributed by atoms with Gasteiger partial charge in [-0.3, -0.25) is 10.2 Å². The van der Waals surface area contributed by atoms with E-state index >= 15 is 0 Å². The highest BCUT2D eigenvalue weighted by Gasteiger charge is 2.25. The number of carbonyl (C=O) groups is 1. The van der Waals surface area contributed by atoms with Gasteiger partial charge < -0.3 is 14.6 Å². The Morgan fingerprint density at radius 1 is 1.12 bits per heavy atom. The summed E-state index contributed by atoms with van der Waals surface area (Å²) in [5.74, 6) is 5.80. The third-order valence-corrected chi connectivity index (χ3v) is 4.60. The number of nitrogens with one attached hydrogen (secondary N) is 1. The molecular weight excluding hydrogens is 330 g/mol. The van der Waals surface area contributed by atoms with Crippen molar-refractivity contribution in [3.05, 3.63) is 41.7 Å². The van der Waals surface area contributed by atoms with Gasteiger partial charge in [-0.25, -0.2) is 5.84 Å². The van der Waals surface area contributed by atoms with Crippen LogP contribution in [0.4, 0.5) is 5.69 Å². The SMILES string of the molecule is NNC(=O)c1sc2nnc(-c3ccco3)c(-c3ccco3)c2c1N. The van der Waals surface area contributed by atoms with E-state index in [2.05, 4.69) is 15.6 Å². The van der Waals surface area contributed by atoms with Crippen LogP contribution in [0.2, 0.25) is 0 Å². The van der Waals surface area contributed by atoms with E-state index in [-0.39, 0.29) is 10.6 Å². The van der Waals surface area contributed by atoms with Crippen molar-refractivity contribution in [1.82, 2.24) is 15.6 Å². The number of nitrogens with two attached hydrogens (primary N) is 2. The van der Waals surface area contributed by atoms with Crippen molar-refractivity contribution in [2.75, 3.05) is 5.73 Å². The number of hydrogen-bond donors (Lipinski definition) is 3. The average molecular weight is 341 g/mol. The van der Waals surface area contributed by atoms with E-state index in [1.807, 2.05) is 0 Å². The lowest BCUT2D eigenvalue weighted by Crippen LogP contribution is -2.29. The lowest BCUT2D eigenvalue weighted by Gasteiger charge is -2.06. The van der Waals surface area contributed by atoms with Gasteiger partial charge in [-0.05, 0) is 24.3 Å². The Balaban J connectivity index is 2.10. The standard InChI is InChI=1S/C15H11N5O3S/c16-11-10-9(7-3-1-5-22-7)12(8-4-2-6-23-8)19-20-15(10)24-13(11)14(21)18-17/h1-6H,16-17H2,(H,18,21). The number of carbonyl (C=O) groups excluding carboxylic acids is 1. The van der Waals surface area contributed by atoms with Gasteiger partial charge in [-0.1, -0.05) is 0 Å². The molecule has 0 aliphatic rings. The van der Waals surface area contributed by atoms with E-state index in [9.17, 15) is 4.79 Å². The molecule has 0 radical (unpaired) electrons. The van der Waals surface area contributed by atoms with E-state index in [4.69, 9.17) is 20.4 Å². The average Bonchev–Trinajstić information content (AvgIpc) is 3.34. The lowest BCUT2D eigenvalue weighted by molar-refractivity contribution is 0.0958.